The molecule has 6 nitrogen and oxygen atoms in total. The van der Waals surface area contributed by atoms with Crippen LogP contribution in [0.4, 0.5) is 8.78 Å². The molecule has 0 unspecified atom stereocenters. The molecule has 1 fully saturated rings. The molecular weight excluding hydrogens is 348 g/mol. The summed E-state index contributed by atoms with van der Waals surface area (Å²) in [7, 11) is 3.90. The molecule has 1 aliphatic carbocycles. The fourth-order valence-electron chi connectivity index (χ4n) is 3.42. The van der Waals surface area contributed by atoms with Gasteiger partial charge in [0, 0.05) is 12.0 Å². The normalized spacial score (nSPS) is 22.5. The summed E-state index contributed by atoms with van der Waals surface area (Å²) in [6.45, 7) is 0.685. The quantitative estimate of drug-likeness (QED) is 0.700. The third-order valence-electron chi connectivity index (χ3n) is 4.47. The minimum Gasteiger partial charge on any atom is -0.473 e. The summed E-state index contributed by atoms with van der Waals surface area (Å²) < 4.78 is 27.2. The summed E-state index contributed by atoms with van der Waals surface area (Å²) in [6, 6.07) is 3.56. The number of rotatable bonds is 4. The van der Waals surface area contributed by atoms with Crippen LogP contribution < -0.4 is 0 Å². The molecule has 0 amide bonds. The smallest absolute Gasteiger partial charge is 0.414 e. The summed E-state index contributed by atoms with van der Waals surface area (Å²) >= 11 is 0. The standard InChI is InChI=1S/C16H23F2NO.C2H2O4/c1-19(2)11-16(8-4-3-5-15(16)20)10-12-9-13(17)6-7-14(12)18;3-1(4)2(5)6/h6-7,9,15,20H,3-5,8,10-11H2,1-2H3;(H,3,4)(H,5,6)/t15-,16+;/m1./s1. The molecule has 1 saturated carbocycles. The highest BCUT2D eigenvalue weighted by Crippen LogP contribution is 2.40. The van der Waals surface area contributed by atoms with Gasteiger partial charge < -0.3 is 20.2 Å². The predicted octanol–water partition coefficient (Wildman–Crippen LogP) is 2.15. The summed E-state index contributed by atoms with van der Waals surface area (Å²) in [6.07, 6.45) is 3.55. The van der Waals surface area contributed by atoms with Crippen molar-refractivity contribution in [1.82, 2.24) is 4.90 Å². The Labute approximate surface area is 151 Å². The number of carbonyl (C=O) groups is 2. The van der Waals surface area contributed by atoms with Crippen molar-refractivity contribution < 1.29 is 33.7 Å². The first kappa shape index (κ1) is 22.0. The monoisotopic (exact) mass is 373 g/mol. The number of aliphatic carboxylic acids is 2. The van der Waals surface area contributed by atoms with E-state index in [-0.39, 0.29) is 11.2 Å². The van der Waals surface area contributed by atoms with Crippen molar-refractivity contribution in [2.75, 3.05) is 20.6 Å². The van der Waals surface area contributed by atoms with E-state index in [4.69, 9.17) is 19.8 Å². The van der Waals surface area contributed by atoms with Crippen molar-refractivity contribution in [3.05, 3.63) is 35.4 Å². The zero-order valence-corrected chi connectivity index (χ0v) is 14.9. The first-order valence-electron chi connectivity index (χ1n) is 8.30. The minimum absolute atomic E-state index is 0.368. The van der Waals surface area contributed by atoms with Crippen LogP contribution in [-0.4, -0.2) is 58.9 Å². The van der Waals surface area contributed by atoms with Gasteiger partial charge in [-0.2, -0.15) is 0 Å². The number of halogens is 2. The molecule has 2 atom stereocenters. The maximum atomic E-state index is 13.9. The highest BCUT2D eigenvalue weighted by molar-refractivity contribution is 6.27. The van der Waals surface area contributed by atoms with Gasteiger partial charge >= 0.3 is 11.9 Å². The lowest BCUT2D eigenvalue weighted by Gasteiger charge is -2.43. The van der Waals surface area contributed by atoms with Crippen LogP contribution in [-0.2, 0) is 16.0 Å². The lowest BCUT2D eigenvalue weighted by Crippen LogP contribution is -2.47. The van der Waals surface area contributed by atoms with E-state index >= 15 is 0 Å². The zero-order valence-electron chi connectivity index (χ0n) is 14.9. The van der Waals surface area contributed by atoms with Crippen LogP contribution in [0.5, 0.6) is 0 Å². The molecule has 0 heterocycles. The molecule has 0 saturated heterocycles. The number of benzene rings is 1. The van der Waals surface area contributed by atoms with Gasteiger partial charge in [-0.15, -0.1) is 0 Å². The van der Waals surface area contributed by atoms with E-state index in [1.165, 1.54) is 12.1 Å². The molecule has 0 radical (unpaired) electrons. The van der Waals surface area contributed by atoms with Crippen molar-refractivity contribution in [2.24, 2.45) is 5.41 Å². The molecule has 8 heteroatoms. The van der Waals surface area contributed by atoms with E-state index in [9.17, 15) is 13.9 Å². The Bertz CT molecular complexity index is 626. The number of aliphatic hydroxyl groups is 1. The number of nitrogens with zero attached hydrogens (tertiary/aromatic N) is 1. The summed E-state index contributed by atoms with van der Waals surface area (Å²) in [4.78, 5) is 20.2. The molecule has 0 aliphatic heterocycles. The van der Waals surface area contributed by atoms with Gasteiger partial charge in [-0.3, -0.25) is 0 Å². The van der Waals surface area contributed by atoms with Gasteiger partial charge in [0.2, 0.25) is 0 Å². The molecule has 146 valence electrons. The van der Waals surface area contributed by atoms with Gasteiger partial charge in [0.05, 0.1) is 6.10 Å². The van der Waals surface area contributed by atoms with Gasteiger partial charge in [-0.05, 0) is 57.1 Å². The maximum absolute atomic E-state index is 13.9. The number of hydrogen-bond acceptors (Lipinski definition) is 4. The fourth-order valence-corrected chi connectivity index (χ4v) is 3.42. The zero-order chi connectivity index (χ0) is 19.9. The summed E-state index contributed by atoms with van der Waals surface area (Å²) in [5.74, 6) is -4.46. The van der Waals surface area contributed by atoms with E-state index < -0.39 is 23.9 Å². The molecule has 0 spiro atoms. The minimum atomic E-state index is -1.82. The van der Waals surface area contributed by atoms with Crippen molar-refractivity contribution >= 4 is 11.9 Å². The van der Waals surface area contributed by atoms with Crippen molar-refractivity contribution in [3.8, 4) is 0 Å². The van der Waals surface area contributed by atoms with Crippen molar-refractivity contribution in [3.63, 3.8) is 0 Å². The molecule has 26 heavy (non-hydrogen) atoms. The second-order valence-electron chi connectivity index (χ2n) is 6.88. The molecule has 1 aromatic carbocycles. The average molecular weight is 373 g/mol. The Morgan fingerprint density at radius 3 is 2.31 bits per heavy atom. The maximum Gasteiger partial charge on any atom is 0.414 e. The lowest BCUT2D eigenvalue weighted by molar-refractivity contribution is -0.159. The first-order valence-corrected chi connectivity index (χ1v) is 8.30. The van der Waals surface area contributed by atoms with Gasteiger partial charge in [0.25, 0.3) is 0 Å². The van der Waals surface area contributed by atoms with Crippen LogP contribution in [0.3, 0.4) is 0 Å². The number of aliphatic hydroxyl groups excluding tert-OH is 1. The van der Waals surface area contributed by atoms with Crippen LogP contribution in [0, 0.1) is 17.0 Å². The van der Waals surface area contributed by atoms with Crippen molar-refractivity contribution in [2.45, 2.75) is 38.2 Å². The lowest BCUT2D eigenvalue weighted by atomic mass is 9.68. The van der Waals surface area contributed by atoms with Crippen LogP contribution in [0.25, 0.3) is 0 Å². The molecule has 3 N–H and O–H groups in total. The number of hydrogen-bond donors (Lipinski definition) is 3. The van der Waals surface area contributed by atoms with Crippen LogP contribution in [0.2, 0.25) is 0 Å². The molecule has 0 bridgehead atoms. The second kappa shape index (κ2) is 9.59. The van der Waals surface area contributed by atoms with E-state index in [1.54, 1.807) is 0 Å². The summed E-state index contributed by atoms with van der Waals surface area (Å²) in [5.41, 5.74) is -0.0103. The highest BCUT2D eigenvalue weighted by Gasteiger charge is 2.40. The van der Waals surface area contributed by atoms with E-state index in [0.717, 1.165) is 31.7 Å². The Balaban J connectivity index is 0.000000487. The Hall–Kier alpha value is -2.06. The number of carboxylic acid groups (broad SMARTS) is 2. The Morgan fingerprint density at radius 2 is 1.81 bits per heavy atom. The molecule has 1 aromatic rings. The molecule has 1 aliphatic rings. The fraction of sp³-hybridized carbons (Fsp3) is 0.556. The Kier molecular flexibility index (Phi) is 8.10. The molecule has 2 rings (SSSR count). The van der Waals surface area contributed by atoms with E-state index in [2.05, 4.69) is 0 Å². The van der Waals surface area contributed by atoms with Gasteiger partial charge in [0.1, 0.15) is 11.6 Å². The molecular formula is C18H25F2NO5. The highest BCUT2D eigenvalue weighted by atomic mass is 19.1. The van der Waals surface area contributed by atoms with Crippen molar-refractivity contribution in [1.29, 1.82) is 0 Å². The second-order valence-corrected chi connectivity index (χ2v) is 6.88. The van der Waals surface area contributed by atoms with Gasteiger partial charge in [-0.25, -0.2) is 18.4 Å². The number of carboxylic acids is 2. The van der Waals surface area contributed by atoms with Crippen LogP contribution in [0.15, 0.2) is 18.2 Å². The van der Waals surface area contributed by atoms with E-state index in [0.29, 0.717) is 18.5 Å². The van der Waals surface area contributed by atoms with Crippen LogP contribution >= 0.6 is 0 Å². The SMILES string of the molecule is CN(C)C[C@@]1(Cc2cc(F)ccc2F)CCCC[C@H]1O.O=C(O)C(=O)O. The predicted molar refractivity (Wildman–Crippen MR) is 90.8 cm³/mol. The van der Waals surface area contributed by atoms with Gasteiger partial charge in [0.15, 0.2) is 0 Å². The van der Waals surface area contributed by atoms with Gasteiger partial charge in [-0.1, -0.05) is 12.8 Å². The Morgan fingerprint density at radius 1 is 1.19 bits per heavy atom. The third-order valence-corrected chi connectivity index (χ3v) is 4.47. The third kappa shape index (κ3) is 6.34. The van der Waals surface area contributed by atoms with E-state index in [1.807, 2.05) is 19.0 Å². The molecule has 0 aromatic heterocycles. The van der Waals surface area contributed by atoms with Crippen LogP contribution in [0.1, 0.15) is 31.2 Å². The first-order chi connectivity index (χ1) is 12.1. The summed E-state index contributed by atoms with van der Waals surface area (Å²) in [5, 5.41) is 25.2. The largest absolute Gasteiger partial charge is 0.473 e. The average Bonchev–Trinajstić information content (AvgIpc) is 2.54. The topological polar surface area (TPSA) is 98.1 Å².